The molecule has 1 aliphatic rings. The van der Waals surface area contributed by atoms with Crippen molar-refractivity contribution in [1.82, 2.24) is 9.80 Å². The lowest BCUT2D eigenvalue weighted by atomic mass is 10.1. The SMILES string of the molecule is CCCCCCCC(=O)N(CC(=O)N(Cc1ccccc1)Cc1ccc(C)o1)CC1CCCO1. The number of ether oxygens (including phenoxy) is 1. The normalized spacial score (nSPS) is 15.4. The topological polar surface area (TPSA) is 63.0 Å². The van der Waals surface area contributed by atoms with E-state index < -0.39 is 0 Å². The van der Waals surface area contributed by atoms with E-state index in [2.05, 4.69) is 6.92 Å². The van der Waals surface area contributed by atoms with E-state index in [1.807, 2.05) is 49.4 Å². The highest BCUT2D eigenvalue weighted by Gasteiger charge is 2.26. The summed E-state index contributed by atoms with van der Waals surface area (Å²) in [6.45, 7) is 6.22. The number of rotatable bonds is 14. The molecule has 2 aromatic rings. The Hall–Kier alpha value is -2.60. The number of hydrogen-bond donors (Lipinski definition) is 0. The Labute approximate surface area is 204 Å². The van der Waals surface area contributed by atoms with Gasteiger partial charge >= 0.3 is 0 Å². The lowest BCUT2D eigenvalue weighted by molar-refractivity contribution is -0.142. The third-order valence-electron chi connectivity index (χ3n) is 6.33. The van der Waals surface area contributed by atoms with E-state index >= 15 is 0 Å². The van der Waals surface area contributed by atoms with Gasteiger partial charge in [-0.1, -0.05) is 62.9 Å². The molecule has 1 atom stereocenters. The Morgan fingerprint density at radius 1 is 0.941 bits per heavy atom. The highest BCUT2D eigenvalue weighted by atomic mass is 16.5. The van der Waals surface area contributed by atoms with Gasteiger partial charge in [0.15, 0.2) is 0 Å². The van der Waals surface area contributed by atoms with Crippen LogP contribution in [0.5, 0.6) is 0 Å². The van der Waals surface area contributed by atoms with Crippen molar-refractivity contribution in [3.05, 3.63) is 59.5 Å². The Morgan fingerprint density at radius 3 is 2.41 bits per heavy atom. The van der Waals surface area contributed by atoms with Gasteiger partial charge in [-0.3, -0.25) is 9.59 Å². The van der Waals surface area contributed by atoms with Crippen molar-refractivity contribution in [3.8, 4) is 0 Å². The van der Waals surface area contributed by atoms with Crippen molar-refractivity contribution in [2.45, 2.75) is 84.4 Å². The largest absolute Gasteiger partial charge is 0.464 e. The Kier molecular flexibility index (Phi) is 10.7. The van der Waals surface area contributed by atoms with E-state index in [0.29, 0.717) is 26.1 Å². The molecule has 1 aromatic heterocycles. The maximum absolute atomic E-state index is 13.5. The molecule has 0 radical (unpaired) electrons. The van der Waals surface area contributed by atoms with Crippen molar-refractivity contribution in [1.29, 1.82) is 0 Å². The first kappa shape index (κ1) is 26.0. The van der Waals surface area contributed by atoms with Crippen LogP contribution >= 0.6 is 0 Å². The molecule has 1 saturated heterocycles. The Balaban J connectivity index is 1.67. The van der Waals surface area contributed by atoms with E-state index in [-0.39, 0.29) is 24.5 Å². The third-order valence-corrected chi connectivity index (χ3v) is 6.33. The molecule has 1 aliphatic heterocycles. The summed E-state index contributed by atoms with van der Waals surface area (Å²) in [6.07, 6.45) is 7.92. The highest BCUT2D eigenvalue weighted by Crippen LogP contribution is 2.17. The first-order valence-electron chi connectivity index (χ1n) is 12.8. The van der Waals surface area contributed by atoms with Crippen LogP contribution in [0.2, 0.25) is 0 Å². The van der Waals surface area contributed by atoms with Gasteiger partial charge in [-0.15, -0.1) is 0 Å². The van der Waals surface area contributed by atoms with Crippen molar-refractivity contribution in [2.75, 3.05) is 19.7 Å². The van der Waals surface area contributed by atoms with Crippen molar-refractivity contribution >= 4 is 11.8 Å². The van der Waals surface area contributed by atoms with Gasteiger partial charge in [-0.25, -0.2) is 0 Å². The molecule has 0 aliphatic carbocycles. The molecule has 1 unspecified atom stereocenters. The van der Waals surface area contributed by atoms with Crippen LogP contribution in [0.15, 0.2) is 46.9 Å². The molecule has 3 rings (SSSR count). The quantitative estimate of drug-likeness (QED) is 0.344. The van der Waals surface area contributed by atoms with E-state index in [1.165, 1.54) is 12.8 Å². The zero-order valence-corrected chi connectivity index (χ0v) is 20.8. The number of unbranched alkanes of at least 4 members (excludes halogenated alkanes) is 4. The average molecular weight is 469 g/mol. The molecule has 2 heterocycles. The fourth-order valence-corrected chi connectivity index (χ4v) is 4.38. The minimum Gasteiger partial charge on any atom is -0.464 e. The molecule has 6 nitrogen and oxygen atoms in total. The lowest BCUT2D eigenvalue weighted by Crippen LogP contribution is -2.45. The number of carbonyl (C=O) groups excluding carboxylic acids is 2. The highest BCUT2D eigenvalue weighted by molar-refractivity contribution is 5.85. The van der Waals surface area contributed by atoms with Gasteiger partial charge in [0.25, 0.3) is 0 Å². The molecule has 2 amide bonds. The summed E-state index contributed by atoms with van der Waals surface area (Å²) in [5.74, 6) is 1.54. The summed E-state index contributed by atoms with van der Waals surface area (Å²) >= 11 is 0. The molecule has 6 heteroatoms. The van der Waals surface area contributed by atoms with Crippen LogP contribution in [0, 0.1) is 6.92 Å². The fourth-order valence-electron chi connectivity index (χ4n) is 4.38. The fraction of sp³-hybridized carbons (Fsp3) is 0.571. The number of furan rings is 1. The smallest absolute Gasteiger partial charge is 0.242 e. The summed E-state index contributed by atoms with van der Waals surface area (Å²) in [5.41, 5.74) is 1.05. The second-order valence-electron chi connectivity index (χ2n) is 9.32. The van der Waals surface area contributed by atoms with Gasteiger partial charge < -0.3 is 19.0 Å². The average Bonchev–Trinajstić information content (AvgIpc) is 3.50. The van der Waals surface area contributed by atoms with Crippen LogP contribution in [-0.4, -0.2) is 47.4 Å². The van der Waals surface area contributed by atoms with E-state index in [9.17, 15) is 9.59 Å². The van der Waals surface area contributed by atoms with Crippen LogP contribution in [0.4, 0.5) is 0 Å². The summed E-state index contributed by atoms with van der Waals surface area (Å²) in [4.78, 5) is 30.1. The summed E-state index contributed by atoms with van der Waals surface area (Å²) in [7, 11) is 0. The monoisotopic (exact) mass is 468 g/mol. The van der Waals surface area contributed by atoms with Gasteiger partial charge in [-0.2, -0.15) is 0 Å². The Bertz CT molecular complexity index is 874. The lowest BCUT2D eigenvalue weighted by Gasteiger charge is -2.29. The summed E-state index contributed by atoms with van der Waals surface area (Å²) in [5, 5.41) is 0. The summed E-state index contributed by atoms with van der Waals surface area (Å²) < 4.78 is 11.5. The number of aryl methyl sites for hydroxylation is 1. The summed E-state index contributed by atoms with van der Waals surface area (Å²) in [6, 6.07) is 13.8. The molecular weight excluding hydrogens is 428 g/mol. The zero-order chi connectivity index (χ0) is 24.2. The minimum absolute atomic E-state index is 0.0205. The number of benzene rings is 1. The van der Waals surface area contributed by atoms with Gasteiger partial charge in [0.2, 0.25) is 11.8 Å². The molecule has 0 N–H and O–H groups in total. The maximum Gasteiger partial charge on any atom is 0.242 e. The molecule has 1 fully saturated rings. The van der Waals surface area contributed by atoms with Crippen LogP contribution in [-0.2, 0) is 27.4 Å². The van der Waals surface area contributed by atoms with Gasteiger partial charge in [-0.05, 0) is 43.9 Å². The molecule has 0 saturated carbocycles. The van der Waals surface area contributed by atoms with Crippen molar-refractivity contribution in [2.24, 2.45) is 0 Å². The number of amides is 2. The van der Waals surface area contributed by atoms with Crippen LogP contribution in [0.25, 0.3) is 0 Å². The van der Waals surface area contributed by atoms with Gasteiger partial charge in [0.05, 0.1) is 19.2 Å². The molecule has 34 heavy (non-hydrogen) atoms. The van der Waals surface area contributed by atoms with E-state index in [4.69, 9.17) is 9.15 Å². The molecule has 1 aromatic carbocycles. The second kappa shape index (κ2) is 14.0. The first-order valence-corrected chi connectivity index (χ1v) is 12.8. The van der Waals surface area contributed by atoms with Crippen LogP contribution in [0.3, 0.4) is 0 Å². The van der Waals surface area contributed by atoms with Crippen molar-refractivity contribution in [3.63, 3.8) is 0 Å². The number of carbonyl (C=O) groups is 2. The second-order valence-corrected chi connectivity index (χ2v) is 9.32. The van der Waals surface area contributed by atoms with Gasteiger partial charge in [0, 0.05) is 26.1 Å². The van der Waals surface area contributed by atoms with E-state index in [0.717, 1.165) is 55.8 Å². The molecule has 0 spiro atoms. The first-order chi connectivity index (χ1) is 16.5. The zero-order valence-electron chi connectivity index (χ0n) is 20.8. The standard InChI is InChI=1S/C28H40N2O4/c1-3-4-5-6-10-15-27(31)30(20-25-14-11-18-33-25)22-28(32)29(19-24-12-8-7-9-13-24)21-26-17-16-23(2)34-26/h7-9,12-13,16-17,25H,3-6,10-11,14-15,18-22H2,1-2H3. The number of hydrogen-bond acceptors (Lipinski definition) is 4. The molecular formula is C28H40N2O4. The maximum atomic E-state index is 13.5. The minimum atomic E-state index is -0.0739. The van der Waals surface area contributed by atoms with Crippen LogP contribution < -0.4 is 0 Å². The predicted molar refractivity (Wildman–Crippen MR) is 133 cm³/mol. The van der Waals surface area contributed by atoms with Crippen LogP contribution in [0.1, 0.15) is 75.4 Å². The predicted octanol–water partition coefficient (Wildman–Crippen LogP) is 5.48. The molecule has 186 valence electrons. The number of nitrogens with zero attached hydrogens (tertiary/aromatic N) is 2. The third kappa shape index (κ3) is 8.64. The van der Waals surface area contributed by atoms with E-state index in [1.54, 1.807) is 9.80 Å². The van der Waals surface area contributed by atoms with Gasteiger partial charge in [0.1, 0.15) is 11.5 Å². The Morgan fingerprint density at radius 2 is 1.74 bits per heavy atom. The van der Waals surface area contributed by atoms with Crippen molar-refractivity contribution < 1.29 is 18.7 Å². The molecule has 0 bridgehead atoms.